The van der Waals surface area contributed by atoms with Crippen molar-refractivity contribution in [2.45, 2.75) is 31.7 Å². The monoisotopic (exact) mass is 307 g/mol. The summed E-state index contributed by atoms with van der Waals surface area (Å²) in [5.41, 5.74) is 0.910. The van der Waals surface area contributed by atoms with Gasteiger partial charge in [0.2, 0.25) is 0 Å². The number of nitrogens with zero attached hydrogens (tertiary/aromatic N) is 1. The molecule has 0 saturated carbocycles. The average molecular weight is 307 g/mol. The number of aliphatic carboxylic acids is 1. The molecule has 6 nitrogen and oxygen atoms in total. The Labute approximate surface area is 129 Å². The van der Waals surface area contributed by atoms with E-state index in [0.717, 1.165) is 5.56 Å². The number of ether oxygens (including phenoxy) is 1. The maximum Gasteiger partial charge on any atom is 0.407 e. The molecule has 0 radical (unpaired) electrons. The molecule has 6 heteroatoms. The van der Waals surface area contributed by atoms with Crippen molar-refractivity contribution in [3.8, 4) is 5.75 Å². The van der Waals surface area contributed by atoms with Gasteiger partial charge in [-0.3, -0.25) is 4.79 Å². The Hall–Kier alpha value is -2.24. The van der Waals surface area contributed by atoms with Crippen LogP contribution in [-0.4, -0.2) is 46.9 Å². The summed E-state index contributed by atoms with van der Waals surface area (Å²) in [6.07, 6.45) is -0.176. The molecule has 1 unspecified atom stereocenters. The Morgan fingerprint density at radius 2 is 1.86 bits per heavy atom. The van der Waals surface area contributed by atoms with Crippen LogP contribution in [-0.2, 0) is 4.79 Å². The van der Waals surface area contributed by atoms with Crippen LogP contribution < -0.4 is 4.74 Å². The largest absolute Gasteiger partial charge is 0.497 e. The maximum absolute atomic E-state index is 11.6. The number of carboxylic acid groups (broad SMARTS) is 2. The van der Waals surface area contributed by atoms with Gasteiger partial charge in [-0.1, -0.05) is 12.1 Å². The number of carbonyl (C=O) groups is 2. The first-order valence-corrected chi connectivity index (χ1v) is 7.30. The standard InChI is InChI=1S/C16H21NO5/c1-10-9-14(15(18)19)13(7-8-17(10)16(20)21)11-3-5-12(22-2)6-4-11/h3-6,10,13-14H,7-9H2,1-2H3,(H,18,19)(H,20,21)/t10?,13-,14+/m1/s1. The van der Waals surface area contributed by atoms with Crippen molar-refractivity contribution in [2.24, 2.45) is 5.92 Å². The summed E-state index contributed by atoms with van der Waals surface area (Å²) in [6, 6.07) is 7.03. The summed E-state index contributed by atoms with van der Waals surface area (Å²) in [5, 5.41) is 18.8. The Morgan fingerprint density at radius 1 is 1.23 bits per heavy atom. The van der Waals surface area contributed by atoms with Gasteiger partial charge in [0.05, 0.1) is 13.0 Å². The molecule has 2 rings (SSSR count). The van der Waals surface area contributed by atoms with E-state index in [1.54, 1.807) is 26.2 Å². The van der Waals surface area contributed by atoms with Crippen molar-refractivity contribution in [2.75, 3.05) is 13.7 Å². The predicted octanol–water partition coefficient (Wildman–Crippen LogP) is 2.64. The van der Waals surface area contributed by atoms with Crippen molar-refractivity contribution in [3.63, 3.8) is 0 Å². The van der Waals surface area contributed by atoms with Crippen molar-refractivity contribution in [1.29, 1.82) is 0 Å². The van der Waals surface area contributed by atoms with Crippen LogP contribution in [0.1, 0.15) is 31.2 Å². The minimum absolute atomic E-state index is 0.199. The van der Waals surface area contributed by atoms with Crippen molar-refractivity contribution in [1.82, 2.24) is 4.90 Å². The molecule has 22 heavy (non-hydrogen) atoms. The number of likely N-dealkylation sites (tertiary alicyclic amines) is 1. The van der Waals surface area contributed by atoms with Gasteiger partial charge >= 0.3 is 12.1 Å². The lowest BCUT2D eigenvalue weighted by Gasteiger charge is -2.24. The summed E-state index contributed by atoms with van der Waals surface area (Å²) in [7, 11) is 1.58. The molecule has 0 bridgehead atoms. The third kappa shape index (κ3) is 3.32. The highest BCUT2D eigenvalue weighted by molar-refractivity contribution is 5.72. The highest BCUT2D eigenvalue weighted by Gasteiger charge is 2.37. The van der Waals surface area contributed by atoms with Gasteiger partial charge in [0.25, 0.3) is 0 Å². The first-order chi connectivity index (χ1) is 10.4. The first kappa shape index (κ1) is 16.1. The molecule has 120 valence electrons. The van der Waals surface area contributed by atoms with Gasteiger partial charge in [0.15, 0.2) is 0 Å². The van der Waals surface area contributed by atoms with E-state index in [4.69, 9.17) is 4.74 Å². The topological polar surface area (TPSA) is 87.1 Å². The summed E-state index contributed by atoms with van der Waals surface area (Å²) >= 11 is 0. The van der Waals surface area contributed by atoms with E-state index >= 15 is 0 Å². The lowest BCUT2D eigenvalue weighted by atomic mass is 9.81. The Bertz CT molecular complexity index is 542. The fourth-order valence-corrected chi connectivity index (χ4v) is 3.17. The highest BCUT2D eigenvalue weighted by atomic mass is 16.5. The molecule has 1 heterocycles. The highest BCUT2D eigenvalue weighted by Crippen LogP contribution is 2.36. The summed E-state index contributed by atoms with van der Waals surface area (Å²) < 4.78 is 5.12. The summed E-state index contributed by atoms with van der Waals surface area (Å²) in [5.74, 6) is -0.951. The number of benzene rings is 1. The van der Waals surface area contributed by atoms with Gasteiger partial charge in [-0.2, -0.15) is 0 Å². The van der Waals surface area contributed by atoms with Gasteiger partial charge in [-0.25, -0.2) is 4.79 Å². The zero-order valence-electron chi connectivity index (χ0n) is 12.7. The molecule has 0 aliphatic carbocycles. The molecule has 0 aromatic heterocycles. The minimum Gasteiger partial charge on any atom is -0.497 e. The smallest absolute Gasteiger partial charge is 0.407 e. The normalized spacial score (nSPS) is 25.4. The van der Waals surface area contributed by atoms with Gasteiger partial charge in [0, 0.05) is 12.6 Å². The molecule has 1 fully saturated rings. The predicted molar refractivity (Wildman–Crippen MR) is 80.3 cm³/mol. The van der Waals surface area contributed by atoms with Crippen LogP contribution in [0.15, 0.2) is 24.3 Å². The molecule has 1 aromatic carbocycles. The molecular weight excluding hydrogens is 286 g/mol. The number of hydrogen-bond donors (Lipinski definition) is 2. The third-order valence-electron chi connectivity index (χ3n) is 4.40. The van der Waals surface area contributed by atoms with Crippen LogP contribution in [0, 0.1) is 5.92 Å². The lowest BCUT2D eigenvalue weighted by Crippen LogP contribution is -2.37. The summed E-state index contributed by atoms with van der Waals surface area (Å²) in [6.45, 7) is 2.11. The van der Waals surface area contributed by atoms with E-state index in [-0.39, 0.29) is 12.0 Å². The molecule has 3 atom stereocenters. The van der Waals surface area contributed by atoms with Crippen LogP contribution in [0.4, 0.5) is 4.79 Å². The molecule has 1 aliphatic rings. The van der Waals surface area contributed by atoms with E-state index < -0.39 is 18.0 Å². The molecule has 1 amide bonds. The number of methoxy groups -OCH3 is 1. The number of hydrogen-bond acceptors (Lipinski definition) is 3. The van der Waals surface area contributed by atoms with Crippen molar-refractivity contribution in [3.05, 3.63) is 29.8 Å². The van der Waals surface area contributed by atoms with E-state index in [1.165, 1.54) is 4.90 Å². The van der Waals surface area contributed by atoms with E-state index in [1.807, 2.05) is 12.1 Å². The van der Waals surface area contributed by atoms with Crippen molar-refractivity contribution < 1.29 is 24.5 Å². The van der Waals surface area contributed by atoms with Crippen LogP contribution >= 0.6 is 0 Å². The fraction of sp³-hybridized carbons (Fsp3) is 0.500. The molecule has 1 aliphatic heterocycles. The lowest BCUT2D eigenvalue weighted by molar-refractivity contribution is -0.143. The number of rotatable bonds is 3. The second kappa shape index (κ2) is 6.68. The van der Waals surface area contributed by atoms with Crippen LogP contribution in [0.2, 0.25) is 0 Å². The van der Waals surface area contributed by atoms with E-state index in [9.17, 15) is 19.8 Å². The SMILES string of the molecule is COc1ccc([C@H]2CCN(C(=O)O)C(C)C[C@@H]2C(=O)O)cc1. The quantitative estimate of drug-likeness (QED) is 0.896. The maximum atomic E-state index is 11.6. The minimum atomic E-state index is -0.994. The van der Waals surface area contributed by atoms with Gasteiger partial charge in [-0.15, -0.1) is 0 Å². The first-order valence-electron chi connectivity index (χ1n) is 7.30. The second-order valence-electron chi connectivity index (χ2n) is 5.67. The molecule has 2 N–H and O–H groups in total. The Morgan fingerprint density at radius 3 is 2.36 bits per heavy atom. The van der Waals surface area contributed by atoms with E-state index in [0.29, 0.717) is 25.1 Å². The third-order valence-corrected chi connectivity index (χ3v) is 4.40. The van der Waals surface area contributed by atoms with E-state index in [2.05, 4.69) is 0 Å². The molecule has 1 saturated heterocycles. The van der Waals surface area contributed by atoms with Gasteiger partial charge in [-0.05, 0) is 43.4 Å². The molecule has 0 spiro atoms. The zero-order chi connectivity index (χ0) is 16.3. The fourth-order valence-electron chi connectivity index (χ4n) is 3.17. The summed E-state index contributed by atoms with van der Waals surface area (Å²) in [4.78, 5) is 24.3. The van der Waals surface area contributed by atoms with Crippen LogP contribution in [0.5, 0.6) is 5.75 Å². The number of carboxylic acids is 1. The average Bonchev–Trinajstić information content (AvgIpc) is 2.66. The zero-order valence-corrected chi connectivity index (χ0v) is 12.7. The van der Waals surface area contributed by atoms with Crippen LogP contribution in [0.25, 0.3) is 0 Å². The Balaban J connectivity index is 2.29. The molecule has 1 aromatic rings. The number of amides is 1. The Kier molecular flexibility index (Phi) is 4.90. The van der Waals surface area contributed by atoms with Gasteiger partial charge in [0.1, 0.15) is 5.75 Å². The molecular formula is C16H21NO5. The van der Waals surface area contributed by atoms with Gasteiger partial charge < -0.3 is 19.8 Å². The van der Waals surface area contributed by atoms with Crippen molar-refractivity contribution >= 4 is 12.1 Å². The van der Waals surface area contributed by atoms with Crippen LogP contribution in [0.3, 0.4) is 0 Å². The second-order valence-corrected chi connectivity index (χ2v) is 5.67.